The summed E-state index contributed by atoms with van der Waals surface area (Å²) in [4.78, 5) is 2.27. The molecule has 2 aromatic rings. The van der Waals surface area contributed by atoms with Crippen molar-refractivity contribution in [2.75, 3.05) is 20.3 Å². The Morgan fingerprint density at radius 3 is 2.37 bits per heavy atom. The fourth-order valence-corrected chi connectivity index (χ4v) is 3.21. The monoisotopic (exact) mass is 367 g/mol. The molecule has 1 aliphatic heterocycles. The van der Waals surface area contributed by atoms with Crippen molar-refractivity contribution in [3.63, 3.8) is 0 Å². The smallest absolute Gasteiger partial charge is 0.119 e. The Hall–Kier alpha value is -2.26. The van der Waals surface area contributed by atoms with Gasteiger partial charge in [0.1, 0.15) is 12.4 Å². The number of benzene rings is 2. The van der Waals surface area contributed by atoms with Gasteiger partial charge in [-0.05, 0) is 54.2 Å². The van der Waals surface area contributed by atoms with Gasteiger partial charge in [0.25, 0.3) is 0 Å². The van der Waals surface area contributed by atoms with E-state index in [0.29, 0.717) is 19.1 Å². The lowest BCUT2D eigenvalue weighted by Crippen LogP contribution is -2.12. The Morgan fingerprint density at radius 2 is 1.78 bits per heavy atom. The lowest BCUT2D eigenvalue weighted by atomic mass is 9.99. The second-order valence-corrected chi connectivity index (χ2v) is 7.37. The number of methoxy groups -OCH3 is 1. The predicted molar refractivity (Wildman–Crippen MR) is 113 cm³/mol. The molecule has 0 aliphatic carbocycles. The SMILES string of the molecule is C=C(C)N1Cc2ccc(OCCOC)cc2C1.Cc1ccccc1C(C)C. The molecule has 3 heteroatoms. The van der Waals surface area contributed by atoms with Gasteiger partial charge in [-0.3, -0.25) is 0 Å². The Bertz CT molecular complexity index is 752. The summed E-state index contributed by atoms with van der Waals surface area (Å²) in [5.41, 5.74) is 6.68. The summed E-state index contributed by atoms with van der Waals surface area (Å²) < 4.78 is 10.6. The van der Waals surface area contributed by atoms with Gasteiger partial charge in [-0.1, -0.05) is 50.8 Å². The minimum absolute atomic E-state index is 0.597. The molecule has 3 rings (SSSR count). The first kappa shape index (κ1) is 21.0. The van der Waals surface area contributed by atoms with Gasteiger partial charge in [0.05, 0.1) is 6.61 Å². The summed E-state index contributed by atoms with van der Waals surface area (Å²) in [6.45, 7) is 15.8. The van der Waals surface area contributed by atoms with E-state index in [0.717, 1.165) is 24.5 Å². The van der Waals surface area contributed by atoms with Crippen LogP contribution in [-0.2, 0) is 17.8 Å². The molecule has 0 bridgehead atoms. The van der Waals surface area contributed by atoms with Crippen LogP contribution in [0.3, 0.4) is 0 Å². The van der Waals surface area contributed by atoms with Crippen molar-refractivity contribution in [3.8, 4) is 5.75 Å². The second kappa shape index (κ2) is 10.2. The number of nitrogens with zero attached hydrogens (tertiary/aromatic N) is 1. The van der Waals surface area contributed by atoms with E-state index in [4.69, 9.17) is 9.47 Å². The fourth-order valence-electron chi connectivity index (χ4n) is 3.21. The Labute approximate surface area is 164 Å². The van der Waals surface area contributed by atoms with Gasteiger partial charge < -0.3 is 14.4 Å². The molecule has 0 N–H and O–H groups in total. The highest BCUT2D eigenvalue weighted by molar-refractivity contribution is 5.38. The average molecular weight is 368 g/mol. The van der Waals surface area contributed by atoms with E-state index in [1.54, 1.807) is 7.11 Å². The minimum Gasteiger partial charge on any atom is -0.491 e. The summed E-state index contributed by atoms with van der Waals surface area (Å²) in [6, 6.07) is 14.8. The molecule has 0 spiro atoms. The van der Waals surface area contributed by atoms with Crippen molar-refractivity contribution in [1.82, 2.24) is 4.90 Å². The highest BCUT2D eigenvalue weighted by Gasteiger charge is 2.18. The standard InChI is InChI=1S/C14H19NO2.C10H14/c1-11(2)15-9-12-4-5-14(8-13(12)10-15)17-7-6-16-3;1-8(2)10-7-5-4-6-9(10)3/h4-5,8H,1,6-7,9-10H2,2-3H3;4-8H,1-3H3. The molecule has 0 atom stereocenters. The number of hydrogen-bond acceptors (Lipinski definition) is 3. The summed E-state index contributed by atoms with van der Waals surface area (Å²) in [5, 5.41) is 0. The van der Waals surface area contributed by atoms with Crippen molar-refractivity contribution < 1.29 is 9.47 Å². The van der Waals surface area contributed by atoms with Crippen LogP contribution < -0.4 is 4.74 Å². The Morgan fingerprint density at radius 1 is 1.07 bits per heavy atom. The molecule has 2 aromatic carbocycles. The largest absolute Gasteiger partial charge is 0.491 e. The lowest BCUT2D eigenvalue weighted by molar-refractivity contribution is 0.146. The quantitative estimate of drug-likeness (QED) is 0.613. The van der Waals surface area contributed by atoms with Crippen molar-refractivity contribution >= 4 is 0 Å². The molecule has 3 nitrogen and oxygen atoms in total. The second-order valence-electron chi connectivity index (χ2n) is 7.37. The van der Waals surface area contributed by atoms with Crippen LogP contribution in [0.5, 0.6) is 5.75 Å². The first-order chi connectivity index (χ1) is 12.9. The molecule has 1 aliphatic rings. The number of rotatable bonds is 6. The third kappa shape index (κ3) is 6.14. The van der Waals surface area contributed by atoms with E-state index in [9.17, 15) is 0 Å². The van der Waals surface area contributed by atoms with E-state index in [1.807, 2.05) is 13.0 Å². The van der Waals surface area contributed by atoms with Gasteiger partial charge >= 0.3 is 0 Å². The highest BCUT2D eigenvalue weighted by Crippen LogP contribution is 2.28. The van der Waals surface area contributed by atoms with E-state index in [2.05, 4.69) is 68.6 Å². The number of ether oxygens (including phenoxy) is 2. The maximum absolute atomic E-state index is 5.60. The minimum atomic E-state index is 0.597. The van der Waals surface area contributed by atoms with Crippen LogP contribution in [0.15, 0.2) is 54.7 Å². The van der Waals surface area contributed by atoms with Crippen LogP contribution in [0, 0.1) is 6.92 Å². The molecule has 0 aromatic heterocycles. The maximum Gasteiger partial charge on any atom is 0.119 e. The Kier molecular flexibility index (Phi) is 7.93. The highest BCUT2D eigenvalue weighted by atomic mass is 16.5. The summed E-state index contributed by atoms with van der Waals surface area (Å²) in [7, 11) is 1.68. The van der Waals surface area contributed by atoms with Gasteiger partial charge in [0.15, 0.2) is 0 Å². The number of aryl methyl sites for hydroxylation is 1. The summed E-state index contributed by atoms with van der Waals surface area (Å²) in [5.74, 6) is 1.57. The van der Waals surface area contributed by atoms with Crippen LogP contribution >= 0.6 is 0 Å². The molecule has 146 valence electrons. The van der Waals surface area contributed by atoms with Crippen LogP contribution in [0.2, 0.25) is 0 Å². The van der Waals surface area contributed by atoms with Crippen LogP contribution in [0.25, 0.3) is 0 Å². The zero-order valence-corrected chi connectivity index (χ0v) is 17.4. The van der Waals surface area contributed by atoms with Gasteiger partial charge in [0, 0.05) is 25.9 Å². The van der Waals surface area contributed by atoms with Gasteiger partial charge in [0.2, 0.25) is 0 Å². The fraction of sp³-hybridized carbons (Fsp3) is 0.417. The zero-order valence-electron chi connectivity index (χ0n) is 17.4. The molecular weight excluding hydrogens is 334 g/mol. The normalized spacial score (nSPS) is 12.4. The first-order valence-corrected chi connectivity index (χ1v) is 9.62. The maximum atomic E-state index is 5.60. The molecule has 0 saturated carbocycles. The molecule has 27 heavy (non-hydrogen) atoms. The molecule has 0 fully saturated rings. The number of fused-ring (bicyclic) bond motifs is 1. The van der Waals surface area contributed by atoms with Crippen LogP contribution in [0.4, 0.5) is 0 Å². The molecule has 0 amide bonds. The van der Waals surface area contributed by atoms with E-state index >= 15 is 0 Å². The molecule has 0 radical (unpaired) electrons. The van der Waals surface area contributed by atoms with Gasteiger partial charge in [-0.2, -0.15) is 0 Å². The zero-order chi connectivity index (χ0) is 19.8. The topological polar surface area (TPSA) is 21.7 Å². The van der Waals surface area contributed by atoms with Crippen LogP contribution in [0.1, 0.15) is 48.9 Å². The molecule has 0 saturated heterocycles. The van der Waals surface area contributed by atoms with Crippen LogP contribution in [-0.4, -0.2) is 25.2 Å². The van der Waals surface area contributed by atoms with Crippen molar-refractivity contribution in [1.29, 1.82) is 0 Å². The Balaban J connectivity index is 0.000000223. The number of hydrogen-bond donors (Lipinski definition) is 0. The summed E-state index contributed by atoms with van der Waals surface area (Å²) >= 11 is 0. The number of allylic oxidation sites excluding steroid dienone is 1. The van der Waals surface area contributed by atoms with Crippen molar-refractivity contribution in [2.45, 2.75) is 46.7 Å². The van der Waals surface area contributed by atoms with Gasteiger partial charge in [-0.25, -0.2) is 0 Å². The van der Waals surface area contributed by atoms with Crippen molar-refractivity contribution in [2.24, 2.45) is 0 Å². The van der Waals surface area contributed by atoms with E-state index in [-0.39, 0.29) is 0 Å². The average Bonchev–Trinajstić information content (AvgIpc) is 3.06. The molecule has 1 heterocycles. The van der Waals surface area contributed by atoms with Gasteiger partial charge in [-0.15, -0.1) is 0 Å². The third-order valence-electron chi connectivity index (χ3n) is 4.81. The predicted octanol–water partition coefficient (Wildman–Crippen LogP) is 5.68. The van der Waals surface area contributed by atoms with E-state index in [1.165, 1.54) is 22.3 Å². The lowest BCUT2D eigenvalue weighted by Gasteiger charge is -2.16. The van der Waals surface area contributed by atoms with E-state index < -0.39 is 0 Å². The summed E-state index contributed by atoms with van der Waals surface area (Å²) in [6.07, 6.45) is 0. The third-order valence-corrected chi connectivity index (χ3v) is 4.81. The van der Waals surface area contributed by atoms with Crippen molar-refractivity contribution in [3.05, 3.63) is 77.0 Å². The molecular formula is C24H33NO2. The molecule has 0 unspecified atom stereocenters. The first-order valence-electron chi connectivity index (χ1n) is 9.62.